The fraction of sp³-hybridized carbons (Fsp3) is 0.0417. The second-order valence-electron chi connectivity index (χ2n) is 7.64. The zero-order chi connectivity index (χ0) is 21.8. The number of pyridine rings is 3. The molecule has 0 unspecified atom stereocenters. The molecular formula is C24H15N7O2. The zero-order valence-corrected chi connectivity index (χ0v) is 17.1. The molecule has 2 N–H and O–H groups in total. The highest BCUT2D eigenvalue weighted by atomic mass is 16.7. The average molecular weight is 433 g/mol. The van der Waals surface area contributed by atoms with Crippen LogP contribution in [0.5, 0.6) is 11.5 Å². The van der Waals surface area contributed by atoms with Crippen molar-refractivity contribution in [2.24, 2.45) is 0 Å². The maximum atomic E-state index is 5.54. The van der Waals surface area contributed by atoms with E-state index in [9.17, 15) is 0 Å². The van der Waals surface area contributed by atoms with E-state index in [2.05, 4.69) is 25.1 Å². The minimum atomic E-state index is 0.231. The summed E-state index contributed by atoms with van der Waals surface area (Å²) in [6, 6.07) is 13.6. The van der Waals surface area contributed by atoms with Gasteiger partial charge in [0, 0.05) is 29.7 Å². The van der Waals surface area contributed by atoms with Crippen LogP contribution in [0, 0.1) is 0 Å². The zero-order valence-electron chi connectivity index (χ0n) is 17.1. The number of benzene rings is 1. The average Bonchev–Trinajstić information content (AvgIpc) is 3.60. The van der Waals surface area contributed by atoms with Gasteiger partial charge < -0.3 is 14.5 Å². The van der Waals surface area contributed by atoms with Crippen LogP contribution < -0.4 is 9.47 Å². The van der Waals surface area contributed by atoms with Crippen LogP contribution in [0.2, 0.25) is 0 Å². The van der Waals surface area contributed by atoms with Crippen molar-refractivity contribution in [2.45, 2.75) is 0 Å². The van der Waals surface area contributed by atoms with E-state index in [0.29, 0.717) is 17.3 Å². The molecule has 0 saturated heterocycles. The second kappa shape index (κ2) is 6.86. The summed E-state index contributed by atoms with van der Waals surface area (Å²) in [6.07, 6.45) is 7.06. The van der Waals surface area contributed by atoms with Crippen molar-refractivity contribution >= 4 is 22.1 Å². The first-order valence-corrected chi connectivity index (χ1v) is 10.3. The number of fused-ring (bicyclic) bond motifs is 3. The Hall–Kier alpha value is -4.79. The Kier molecular flexibility index (Phi) is 3.71. The van der Waals surface area contributed by atoms with Crippen molar-refractivity contribution in [1.82, 2.24) is 35.1 Å². The lowest BCUT2D eigenvalue weighted by Crippen LogP contribution is -1.92. The fourth-order valence-corrected chi connectivity index (χ4v) is 4.07. The smallest absolute Gasteiger partial charge is 0.231 e. The first kappa shape index (κ1) is 17.8. The number of aromatic nitrogens is 7. The quantitative estimate of drug-likeness (QED) is 0.426. The summed E-state index contributed by atoms with van der Waals surface area (Å²) in [7, 11) is 0. The van der Waals surface area contributed by atoms with Crippen molar-refractivity contribution in [3.05, 3.63) is 67.3 Å². The maximum absolute atomic E-state index is 5.54. The van der Waals surface area contributed by atoms with Gasteiger partial charge >= 0.3 is 0 Å². The number of hydrogen-bond donors (Lipinski definition) is 2. The predicted octanol–water partition coefficient (Wildman–Crippen LogP) is 4.35. The molecule has 0 amide bonds. The Balaban J connectivity index is 1.37. The van der Waals surface area contributed by atoms with Gasteiger partial charge in [-0.2, -0.15) is 5.10 Å². The summed E-state index contributed by atoms with van der Waals surface area (Å²) in [5.74, 6) is 2.07. The number of H-pyrrole nitrogens is 2. The third kappa shape index (κ3) is 2.83. The van der Waals surface area contributed by atoms with E-state index in [4.69, 9.17) is 19.4 Å². The molecule has 158 valence electrons. The summed E-state index contributed by atoms with van der Waals surface area (Å²) >= 11 is 0. The van der Waals surface area contributed by atoms with E-state index in [0.717, 1.165) is 50.2 Å². The second-order valence-corrected chi connectivity index (χ2v) is 7.64. The van der Waals surface area contributed by atoms with Crippen LogP contribution in [-0.4, -0.2) is 41.9 Å². The molecule has 0 aliphatic carbocycles. The Morgan fingerprint density at radius 3 is 2.61 bits per heavy atom. The van der Waals surface area contributed by atoms with Gasteiger partial charge in [0.05, 0.1) is 28.4 Å². The van der Waals surface area contributed by atoms with Crippen molar-refractivity contribution in [3.63, 3.8) is 0 Å². The Morgan fingerprint density at radius 2 is 1.67 bits per heavy atom. The van der Waals surface area contributed by atoms with Crippen molar-refractivity contribution < 1.29 is 9.47 Å². The summed E-state index contributed by atoms with van der Waals surface area (Å²) in [5.41, 5.74) is 7.47. The van der Waals surface area contributed by atoms with Crippen LogP contribution in [0.15, 0.2) is 67.3 Å². The molecule has 0 fully saturated rings. The molecule has 1 aliphatic rings. The lowest BCUT2D eigenvalue weighted by molar-refractivity contribution is 0.174. The molecule has 0 saturated carbocycles. The number of ether oxygens (including phenoxy) is 2. The van der Waals surface area contributed by atoms with Crippen molar-refractivity contribution in [1.29, 1.82) is 0 Å². The molecule has 6 heterocycles. The Bertz CT molecular complexity index is 1660. The highest BCUT2D eigenvalue weighted by molar-refractivity contribution is 5.96. The molecule has 0 spiro atoms. The molecule has 0 radical (unpaired) electrons. The normalized spacial score (nSPS) is 12.6. The van der Waals surface area contributed by atoms with Crippen LogP contribution in [0.1, 0.15) is 0 Å². The molecule has 7 rings (SSSR count). The Morgan fingerprint density at radius 1 is 0.758 bits per heavy atom. The topological polar surface area (TPSA) is 114 Å². The van der Waals surface area contributed by atoms with Gasteiger partial charge in [0.1, 0.15) is 5.52 Å². The predicted molar refractivity (Wildman–Crippen MR) is 122 cm³/mol. The van der Waals surface area contributed by atoms with Crippen LogP contribution in [0.4, 0.5) is 0 Å². The molecular weight excluding hydrogens is 418 g/mol. The van der Waals surface area contributed by atoms with Gasteiger partial charge in [0.15, 0.2) is 23.0 Å². The van der Waals surface area contributed by atoms with Gasteiger partial charge in [-0.15, -0.1) is 0 Å². The number of nitrogens with one attached hydrogen (secondary N) is 2. The molecule has 33 heavy (non-hydrogen) atoms. The van der Waals surface area contributed by atoms with E-state index in [1.807, 2.05) is 42.5 Å². The fourth-order valence-electron chi connectivity index (χ4n) is 4.07. The van der Waals surface area contributed by atoms with Gasteiger partial charge in [0.25, 0.3) is 0 Å². The summed E-state index contributed by atoms with van der Waals surface area (Å²) in [5, 5.41) is 7.55. The molecule has 6 aromatic rings. The van der Waals surface area contributed by atoms with Gasteiger partial charge in [-0.3, -0.25) is 15.1 Å². The number of nitrogens with zero attached hydrogens (tertiary/aromatic N) is 5. The number of aromatic amines is 2. The standard InChI is InChI=1S/C24H15N7O2/c1-4-19-20(33-12-32-19)9-14(1)15-10-26-11-18-21(15)29-24(28-18)23-22-17(30-31-23)3-2-16(27-22)13-5-7-25-8-6-13/h1-11H,12H2,(H,28,29)(H,30,31). The molecule has 0 bridgehead atoms. The third-order valence-corrected chi connectivity index (χ3v) is 5.69. The molecule has 9 nitrogen and oxygen atoms in total. The van der Waals surface area contributed by atoms with E-state index in [-0.39, 0.29) is 6.79 Å². The van der Waals surface area contributed by atoms with Crippen LogP contribution in [0.3, 0.4) is 0 Å². The van der Waals surface area contributed by atoms with Crippen molar-refractivity contribution in [2.75, 3.05) is 6.79 Å². The highest BCUT2D eigenvalue weighted by Crippen LogP contribution is 2.38. The molecule has 9 heteroatoms. The van der Waals surface area contributed by atoms with Gasteiger partial charge in [-0.1, -0.05) is 6.07 Å². The van der Waals surface area contributed by atoms with Crippen LogP contribution in [0.25, 0.3) is 56.0 Å². The molecule has 1 aliphatic heterocycles. The lowest BCUT2D eigenvalue weighted by Gasteiger charge is -2.03. The largest absolute Gasteiger partial charge is 0.454 e. The van der Waals surface area contributed by atoms with E-state index in [1.165, 1.54) is 0 Å². The summed E-state index contributed by atoms with van der Waals surface area (Å²) in [4.78, 5) is 21.6. The lowest BCUT2D eigenvalue weighted by atomic mass is 10.1. The van der Waals surface area contributed by atoms with Gasteiger partial charge in [-0.25, -0.2) is 9.97 Å². The van der Waals surface area contributed by atoms with E-state index < -0.39 is 0 Å². The highest BCUT2D eigenvalue weighted by Gasteiger charge is 2.19. The monoisotopic (exact) mass is 433 g/mol. The third-order valence-electron chi connectivity index (χ3n) is 5.69. The first-order chi connectivity index (χ1) is 16.3. The van der Waals surface area contributed by atoms with Crippen LogP contribution in [-0.2, 0) is 0 Å². The Labute approximate surface area is 186 Å². The SMILES string of the molecule is c1cc(-c2ccc3[nH]nc(-c4nc5c(-c6ccc7c(c6)OCO7)cncc5[nH]4)c3n2)ccn1. The van der Waals surface area contributed by atoms with E-state index >= 15 is 0 Å². The van der Waals surface area contributed by atoms with E-state index in [1.54, 1.807) is 24.8 Å². The summed E-state index contributed by atoms with van der Waals surface area (Å²) < 4.78 is 11.0. The number of hydrogen-bond acceptors (Lipinski definition) is 7. The minimum absolute atomic E-state index is 0.231. The molecule has 1 aromatic carbocycles. The van der Waals surface area contributed by atoms with Gasteiger partial charge in [0.2, 0.25) is 6.79 Å². The van der Waals surface area contributed by atoms with Crippen LogP contribution >= 0.6 is 0 Å². The van der Waals surface area contributed by atoms with Crippen molar-refractivity contribution in [3.8, 4) is 45.4 Å². The maximum Gasteiger partial charge on any atom is 0.231 e. The summed E-state index contributed by atoms with van der Waals surface area (Å²) in [6.45, 7) is 0.231. The molecule has 5 aromatic heterocycles. The number of imidazole rings is 1. The number of rotatable bonds is 3. The first-order valence-electron chi connectivity index (χ1n) is 10.3. The van der Waals surface area contributed by atoms with Gasteiger partial charge in [-0.05, 0) is 42.0 Å². The molecule has 0 atom stereocenters. The minimum Gasteiger partial charge on any atom is -0.454 e.